The van der Waals surface area contributed by atoms with Crippen molar-refractivity contribution in [3.63, 3.8) is 0 Å². The highest BCUT2D eigenvalue weighted by Gasteiger charge is 2.11. The van der Waals surface area contributed by atoms with Crippen molar-refractivity contribution in [1.29, 1.82) is 0 Å². The maximum atomic E-state index is 12.0. The Hall–Kier alpha value is -3.02. The molecule has 0 unspecified atom stereocenters. The second kappa shape index (κ2) is 7.50. The lowest BCUT2D eigenvalue weighted by Crippen LogP contribution is -2.12. The zero-order chi connectivity index (χ0) is 16.8. The molecule has 0 aliphatic rings. The van der Waals surface area contributed by atoms with Crippen molar-refractivity contribution in [2.45, 2.75) is 26.2 Å². The number of hydrogen-bond acceptors (Lipinski definition) is 5. The van der Waals surface area contributed by atoms with Gasteiger partial charge in [0.2, 0.25) is 17.6 Å². The average molecular weight is 322 g/mol. The van der Waals surface area contributed by atoms with Gasteiger partial charge in [0.05, 0.1) is 0 Å². The number of carbonyl (C=O) groups is 1. The minimum Gasteiger partial charge on any atom is -0.339 e. The molecule has 1 amide bonds. The Balaban J connectivity index is 1.53. The van der Waals surface area contributed by atoms with E-state index in [9.17, 15) is 4.79 Å². The van der Waals surface area contributed by atoms with E-state index in [4.69, 9.17) is 4.52 Å². The predicted octanol–water partition coefficient (Wildman–Crippen LogP) is 3.27. The molecule has 3 aromatic rings. The zero-order valence-electron chi connectivity index (χ0n) is 13.4. The van der Waals surface area contributed by atoms with Crippen molar-refractivity contribution >= 4 is 11.6 Å². The number of carbonyl (C=O) groups excluding carboxylic acids is 1. The Morgan fingerprint density at radius 2 is 2.00 bits per heavy atom. The van der Waals surface area contributed by atoms with Gasteiger partial charge < -0.3 is 9.84 Å². The Morgan fingerprint density at radius 3 is 2.71 bits per heavy atom. The van der Waals surface area contributed by atoms with E-state index in [0.717, 1.165) is 12.1 Å². The van der Waals surface area contributed by atoms with Gasteiger partial charge in [-0.05, 0) is 36.2 Å². The highest BCUT2D eigenvalue weighted by atomic mass is 16.5. The van der Waals surface area contributed by atoms with E-state index in [0.29, 0.717) is 23.8 Å². The van der Waals surface area contributed by atoms with Crippen molar-refractivity contribution < 1.29 is 9.32 Å². The Kier molecular flexibility index (Phi) is 4.96. The van der Waals surface area contributed by atoms with Crippen LogP contribution in [0.4, 0.5) is 5.69 Å². The largest absolute Gasteiger partial charge is 0.339 e. The van der Waals surface area contributed by atoms with Gasteiger partial charge in [0.1, 0.15) is 5.69 Å². The molecule has 0 radical (unpaired) electrons. The van der Waals surface area contributed by atoms with Crippen LogP contribution in [-0.4, -0.2) is 21.0 Å². The molecular formula is C18H18N4O2. The molecule has 122 valence electrons. The fraction of sp³-hybridized carbons (Fsp3) is 0.222. The number of aromatic nitrogens is 3. The predicted molar refractivity (Wildman–Crippen MR) is 90.3 cm³/mol. The summed E-state index contributed by atoms with van der Waals surface area (Å²) in [4.78, 5) is 20.4. The summed E-state index contributed by atoms with van der Waals surface area (Å²) >= 11 is 0. The van der Waals surface area contributed by atoms with Crippen molar-refractivity contribution in [3.05, 3.63) is 60.1 Å². The minimum atomic E-state index is -0.0863. The molecule has 0 fully saturated rings. The summed E-state index contributed by atoms with van der Waals surface area (Å²) in [6, 6.07) is 13.3. The fourth-order valence-electron chi connectivity index (χ4n) is 2.22. The van der Waals surface area contributed by atoms with E-state index >= 15 is 0 Å². The molecule has 0 aliphatic carbocycles. The number of aryl methyl sites for hydroxylation is 2. The van der Waals surface area contributed by atoms with Crippen LogP contribution in [0.3, 0.4) is 0 Å². The Labute approximate surface area is 139 Å². The molecule has 0 aliphatic heterocycles. The van der Waals surface area contributed by atoms with E-state index in [2.05, 4.69) is 27.4 Å². The molecule has 0 saturated heterocycles. The van der Waals surface area contributed by atoms with E-state index in [1.165, 1.54) is 5.56 Å². The lowest BCUT2D eigenvalue weighted by Gasteiger charge is -2.05. The van der Waals surface area contributed by atoms with Crippen LogP contribution in [0.25, 0.3) is 11.5 Å². The van der Waals surface area contributed by atoms with Crippen LogP contribution in [-0.2, 0) is 17.6 Å². The Morgan fingerprint density at radius 1 is 1.17 bits per heavy atom. The Bertz CT molecular complexity index is 797. The summed E-state index contributed by atoms with van der Waals surface area (Å²) in [5.74, 6) is 0.769. The molecule has 1 N–H and O–H groups in total. The first-order chi connectivity index (χ1) is 11.7. The van der Waals surface area contributed by atoms with Crippen LogP contribution in [0, 0.1) is 0 Å². The monoisotopic (exact) mass is 322 g/mol. The van der Waals surface area contributed by atoms with Crippen molar-refractivity contribution in [2.24, 2.45) is 0 Å². The maximum Gasteiger partial charge on any atom is 0.227 e. The number of anilines is 1. The molecule has 6 nitrogen and oxygen atoms in total. The smallest absolute Gasteiger partial charge is 0.227 e. The van der Waals surface area contributed by atoms with Crippen LogP contribution < -0.4 is 5.32 Å². The van der Waals surface area contributed by atoms with Gasteiger partial charge >= 0.3 is 0 Å². The number of amides is 1. The number of rotatable bonds is 6. The molecule has 2 aromatic heterocycles. The molecule has 2 heterocycles. The molecule has 0 saturated carbocycles. The van der Waals surface area contributed by atoms with E-state index in [1.807, 2.05) is 36.4 Å². The summed E-state index contributed by atoms with van der Waals surface area (Å²) in [6.45, 7) is 2.09. The first kappa shape index (κ1) is 15.9. The topological polar surface area (TPSA) is 80.9 Å². The molecule has 0 spiro atoms. The van der Waals surface area contributed by atoms with Crippen LogP contribution in [0.15, 0.2) is 53.2 Å². The molecule has 24 heavy (non-hydrogen) atoms. The van der Waals surface area contributed by atoms with Gasteiger partial charge in [0.25, 0.3) is 0 Å². The summed E-state index contributed by atoms with van der Waals surface area (Å²) in [6.07, 6.45) is 3.31. The zero-order valence-corrected chi connectivity index (χ0v) is 13.4. The van der Waals surface area contributed by atoms with Gasteiger partial charge in [0.15, 0.2) is 0 Å². The number of nitrogens with zero attached hydrogens (tertiary/aromatic N) is 3. The fourth-order valence-corrected chi connectivity index (χ4v) is 2.22. The van der Waals surface area contributed by atoms with E-state index < -0.39 is 0 Å². The summed E-state index contributed by atoms with van der Waals surface area (Å²) < 4.78 is 5.17. The highest BCUT2D eigenvalue weighted by Crippen LogP contribution is 2.14. The van der Waals surface area contributed by atoms with Gasteiger partial charge in [-0.2, -0.15) is 4.98 Å². The van der Waals surface area contributed by atoms with Crippen LogP contribution in [0.5, 0.6) is 0 Å². The highest BCUT2D eigenvalue weighted by molar-refractivity contribution is 5.90. The maximum absolute atomic E-state index is 12.0. The third-order valence-electron chi connectivity index (χ3n) is 3.57. The molecular weight excluding hydrogens is 304 g/mol. The van der Waals surface area contributed by atoms with Crippen molar-refractivity contribution in [3.8, 4) is 11.5 Å². The third kappa shape index (κ3) is 4.04. The molecule has 6 heteroatoms. The quantitative estimate of drug-likeness (QED) is 0.753. The van der Waals surface area contributed by atoms with Crippen LogP contribution >= 0.6 is 0 Å². The first-order valence-corrected chi connectivity index (χ1v) is 7.87. The standard InChI is InChI=1S/C18H18N4O2/c1-2-13-6-8-14(9-7-13)20-16(23)10-11-17-21-18(22-24-17)15-5-3-4-12-19-15/h3-9,12H,2,10-11H2,1H3,(H,20,23). The molecule has 1 aromatic carbocycles. The molecule has 3 rings (SSSR count). The van der Waals surface area contributed by atoms with Crippen LogP contribution in [0.1, 0.15) is 24.8 Å². The number of benzene rings is 1. The van der Waals surface area contributed by atoms with Crippen LogP contribution in [0.2, 0.25) is 0 Å². The van der Waals surface area contributed by atoms with Gasteiger partial charge in [-0.15, -0.1) is 0 Å². The first-order valence-electron chi connectivity index (χ1n) is 7.87. The average Bonchev–Trinajstić information content (AvgIpc) is 3.10. The van der Waals surface area contributed by atoms with Gasteiger partial charge in [-0.25, -0.2) is 0 Å². The third-order valence-corrected chi connectivity index (χ3v) is 3.57. The van der Waals surface area contributed by atoms with Gasteiger partial charge in [0, 0.05) is 24.7 Å². The van der Waals surface area contributed by atoms with Crippen molar-refractivity contribution in [2.75, 3.05) is 5.32 Å². The van der Waals surface area contributed by atoms with Crippen molar-refractivity contribution in [1.82, 2.24) is 15.1 Å². The summed E-state index contributed by atoms with van der Waals surface area (Å²) in [7, 11) is 0. The lowest BCUT2D eigenvalue weighted by atomic mass is 10.1. The minimum absolute atomic E-state index is 0.0863. The lowest BCUT2D eigenvalue weighted by molar-refractivity contribution is -0.116. The summed E-state index contributed by atoms with van der Waals surface area (Å²) in [5, 5.41) is 6.75. The van der Waals surface area contributed by atoms with E-state index in [-0.39, 0.29) is 12.3 Å². The van der Waals surface area contributed by atoms with Gasteiger partial charge in [-0.1, -0.05) is 30.3 Å². The molecule has 0 atom stereocenters. The molecule has 0 bridgehead atoms. The SMILES string of the molecule is CCc1ccc(NC(=O)CCc2nc(-c3ccccn3)no2)cc1. The number of nitrogens with one attached hydrogen (secondary N) is 1. The second-order valence-corrected chi connectivity index (χ2v) is 5.33. The second-order valence-electron chi connectivity index (χ2n) is 5.33. The summed E-state index contributed by atoms with van der Waals surface area (Å²) in [5.41, 5.74) is 2.67. The van der Waals surface area contributed by atoms with E-state index in [1.54, 1.807) is 12.3 Å². The van der Waals surface area contributed by atoms with Gasteiger partial charge in [-0.3, -0.25) is 9.78 Å². The normalized spacial score (nSPS) is 10.5. The number of pyridine rings is 1. The number of hydrogen-bond donors (Lipinski definition) is 1.